The maximum absolute atomic E-state index is 12.0. The lowest BCUT2D eigenvalue weighted by Crippen LogP contribution is -2.32. The summed E-state index contributed by atoms with van der Waals surface area (Å²) in [6.07, 6.45) is 0.502. The summed E-state index contributed by atoms with van der Waals surface area (Å²) in [5.74, 6) is 0.887. The van der Waals surface area contributed by atoms with Crippen molar-refractivity contribution in [3.63, 3.8) is 0 Å². The standard InChI is InChI=1S/C13H20N2O2/c1-4-15(13(16)8-9-14-2)11-6-5-7-12(10-11)17-3/h5-7,10,14H,4,8-9H2,1-3H3. The highest BCUT2D eigenvalue weighted by molar-refractivity contribution is 5.93. The molecule has 1 N–H and O–H groups in total. The van der Waals surface area contributed by atoms with Gasteiger partial charge in [-0.1, -0.05) is 6.07 Å². The Hall–Kier alpha value is -1.55. The van der Waals surface area contributed by atoms with Crippen molar-refractivity contribution in [3.8, 4) is 5.75 Å². The van der Waals surface area contributed by atoms with E-state index in [-0.39, 0.29) is 5.91 Å². The molecule has 0 aromatic heterocycles. The van der Waals surface area contributed by atoms with E-state index in [0.29, 0.717) is 19.5 Å². The van der Waals surface area contributed by atoms with Crippen LogP contribution in [0.2, 0.25) is 0 Å². The SMILES string of the molecule is CCN(C(=O)CCNC)c1cccc(OC)c1. The third kappa shape index (κ3) is 3.75. The summed E-state index contributed by atoms with van der Waals surface area (Å²) in [6.45, 7) is 3.33. The number of nitrogens with one attached hydrogen (secondary N) is 1. The summed E-state index contributed by atoms with van der Waals surface area (Å²) >= 11 is 0. The summed E-state index contributed by atoms with van der Waals surface area (Å²) < 4.78 is 5.16. The van der Waals surface area contributed by atoms with Crippen LogP contribution in [0.15, 0.2) is 24.3 Å². The Labute approximate surface area is 103 Å². The summed E-state index contributed by atoms with van der Waals surface area (Å²) in [5.41, 5.74) is 0.882. The zero-order valence-electron chi connectivity index (χ0n) is 10.7. The number of nitrogens with zero attached hydrogens (tertiary/aromatic N) is 1. The molecule has 0 aliphatic heterocycles. The van der Waals surface area contributed by atoms with Gasteiger partial charge in [0.05, 0.1) is 7.11 Å². The van der Waals surface area contributed by atoms with Gasteiger partial charge in [0.15, 0.2) is 0 Å². The molecule has 0 aliphatic carbocycles. The number of ether oxygens (including phenoxy) is 1. The fraction of sp³-hybridized carbons (Fsp3) is 0.462. The van der Waals surface area contributed by atoms with Crippen LogP contribution in [-0.2, 0) is 4.79 Å². The van der Waals surface area contributed by atoms with Crippen molar-refractivity contribution in [1.82, 2.24) is 5.32 Å². The van der Waals surface area contributed by atoms with Gasteiger partial charge in [-0.05, 0) is 26.1 Å². The van der Waals surface area contributed by atoms with E-state index in [1.807, 2.05) is 38.2 Å². The van der Waals surface area contributed by atoms with Crippen LogP contribution < -0.4 is 15.0 Å². The molecule has 0 unspecified atom stereocenters. The van der Waals surface area contributed by atoms with Gasteiger partial charge in [0.1, 0.15) is 5.75 Å². The predicted octanol–water partition coefficient (Wildman–Crippen LogP) is 1.66. The van der Waals surface area contributed by atoms with Crippen molar-refractivity contribution >= 4 is 11.6 Å². The Balaban J connectivity index is 2.81. The Kier molecular flexibility index (Phi) is 5.49. The number of benzene rings is 1. The molecule has 0 fully saturated rings. The molecule has 4 heteroatoms. The second-order valence-corrected chi connectivity index (χ2v) is 3.69. The van der Waals surface area contributed by atoms with E-state index in [2.05, 4.69) is 5.32 Å². The van der Waals surface area contributed by atoms with Crippen molar-refractivity contribution in [3.05, 3.63) is 24.3 Å². The number of methoxy groups -OCH3 is 1. The minimum absolute atomic E-state index is 0.120. The summed E-state index contributed by atoms with van der Waals surface area (Å²) in [7, 11) is 3.47. The van der Waals surface area contributed by atoms with Gasteiger partial charge in [-0.3, -0.25) is 4.79 Å². The molecule has 1 rings (SSSR count). The topological polar surface area (TPSA) is 41.6 Å². The largest absolute Gasteiger partial charge is 0.497 e. The monoisotopic (exact) mass is 236 g/mol. The molecule has 94 valence electrons. The molecule has 0 bridgehead atoms. The van der Waals surface area contributed by atoms with E-state index < -0.39 is 0 Å². The molecule has 0 spiro atoms. The second kappa shape index (κ2) is 6.91. The number of rotatable bonds is 6. The van der Waals surface area contributed by atoms with Gasteiger partial charge in [-0.25, -0.2) is 0 Å². The summed E-state index contributed by atoms with van der Waals surface area (Å²) in [6, 6.07) is 7.56. The normalized spacial score (nSPS) is 10.1. The molecule has 0 radical (unpaired) electrons. The third-order valence-corrected chi connectivity index (χ3v) is 2.57. The van der Waals surface area contributed by atoms with Crippen molar-refractivity contribution < 1.29 is 9.53 Å². The van der Waals surface area contributed by atoms with E-state index in [4.69, 9.17) is 4.74 Å². The van der Waals surface area contributed by atoms with Crippen molar-refractivity contribution in [1.29, 1.82) is 0 Å². The lowest BCUT2D eigenvalue weighted by atomic mass is 10.2. The zero-order valence-corrected chi connectivity index (χ0v) is 10.7. The lowest BCUT2D eigenvalue weighted by Gasteiger charge is -2.21. The third-order valence-electron chi connectivity index (χ3n) is 2.57. The number of carbonyl (C=O) groups excluding carboxylic acids is 1. The van der Waals surface area contributed by atoms with Crippen LogP contribution in [0.3, 0.4) is 0 Å². The first kappa shape index (κ1) is 13.5. The van der Waals surface area contributed by atoms with Crippen LogP contribution in [0.1, 0.15) is 13.3 Å². The molecular formula is C13H20N2O2. The number of hydrogen-bond donors (Lipinski definition) is 1. The second-order valence-electron chi connectivity index (χ2n) is 3.69. The van der Waals surface area contributed by atoms with Gasteiger partial charge in [0.25, 0.3) is 0 Å². The molecule has 0 aliphatic rings. The van der Waals surface area contributed by atoms with Crippen molar-refractivity contribution in [2.45, 2.75) is 13.3 Å². The van der Waals surface area contributed by atoms with Gasteiger partial charge >= 0.3 is 0 Å². The fourth-order valence-corrected chi connectivity index (χ4v) is 1.65. The van der Waals surface area contributed by atoms with E-state index >= 15 is 0 Å². The van der Waals surface area contributed by atoms with E-state index in [9.17, 15) is 4.79 Å². The molecule has 0 saturated heterocycles. The minimum atomic E-state index is 0.120. The molecule has 1 amide bonds. The van der Waals surface area contributed by atoms with Crippen LogP contribution in [-0.4, -0.2) is 33.2 Å². The number of anilines is 1. The van der Waals surface area contributed by atoms with Gasteiger partial charge in [-0.15, -0.1) is 0 Å². The molecule has 0 atom stereocenters. The Morgan fingerprint density at radius 1 is 1.47 bits per heavy atom. The van der Waals surface area contributed by atoms with Crippen LogP contribution in [0, 0.1) is 0 Å². The minimum Gasteiger partial charge on any atom is -0.497 e. The Morgan fingerprint density at radius 2 is 2.24 bits per heavy atom. The van der Waals surface area contributed by atoms with Crippen molar-refractivity contribution in [2.24, 2.45) is 0 Å². The number of carbonyl (C=O) groups is 1. The summed E-state index contributed by atoms with van der Waals surface area (Å²) in [5, 5.41) is 2.98. The highest BCUT2D eigenvalue weighted by Crippen LogP contribution is 2.21. The zero-order chi connectivity index (χ0) is 12.7. The molecule has 17 heavy (non-hydrogen) atoms. The van der Waals surface area contributed by atoms with Gasteiger partial charge < -0.3 is 15.0 Å². The molecule has 0 heterocycles. The number of amides is 1. The average Bonchev–Trinajstić information content (AvgIpc) is 2.37. The maximum atomic E-state index is 12.0. The smallest absolute Gasteiger partial charge is 0.228 e. The first-order chi connectivity index (χ1) is 8.22. The van der Waals surface area contributed by atoms with E-state index in [0.717, 1.165) is 11.4 Å². The molecule has 1 aromatic rings. The summed E-state index contributed by atoms with van der Waals surface area (Å²) in [4.78, 5) is 13.7. The molecule has 4 nitrogen and oxygen atoms in total. The quantitative estimate of drug-likeness (QED) is 0.816. The van der Waals surface area contributed by atoms with Gasteiger partial charge in [0, 0.05) is 31.3 Å². The highest BCUT2D eigenvalue weighted by Gasteiger charge is 2.13. The van der Waals surface area contributed by atoms with Gasteiger partial charge in [-0.2, -0.15) is 0 Å². The first-order valence-electron chi connectivity index (χ1n) is 5.82. The Bertz CT molecular complexity index is 366. The van der Waals surface area contributed by atoms with Crippen LogP contribution >= 0.6 is 0 Å². The molecule has 1 aromatic carbocycles. The first-order valence-corrected chi connectivity index (χ1v) is 5.82. The highest BCUT2D eigenvalue weighted by atomic mass is 16.5. The van der Waals surface area contributed by atoms with E-state index in [1.165, 1.54) is 0 Å². The van der Waals surface area contributed by atoms with Gasteiger partial charge in [0.2, 0.25) is 5.91 Å². The van der Waals surface area contributed by atoms with Crippen molar-refractivity contribution in [2.75, 3.05) is 32.1 Å². The average molecular weight is 236 g/mol. The lowest BCUT2D eigenvalue weighted by molar-refractivity contribution is -0.118. The van der Waals surface area contributed by atoms with E-state index in [1.54, 1.807) is 12.0 Å². The maximum Gasteiger partial charge on any atom is 0.228 e. The predicted molar refractivity (Wildman–Crippen MR) is 69.6 cm³/mol. The molecular weight excluding hydrogens is 216 g/mol. The number of hydrogen-bond acceptors (Lipinski definition) is 3. The van der Waals surface area contributed by atoms with Crippen LogP contribution in [0.4, 0.5) is 5.69 Å². The Morgan fingerprint density at radius 3 is 2.82 bits per heavy atom. The van der Waals surface area contributed by atoms with Crippen LogP contribution in [0.25, 0.3) is 0 Å². The fourth-order valence-electron chi connectivity index (χ4n) is 1.65. The molecule has 0 saturated carbocycles. The van der Waals surface area contributed by atoms with Crippen LogP contribution in [0.5, 0.6) is 5.75 Å².